The third-order valence-electron chi connectivity index (χ3n) is 5.03. The molecule has 0 aliphatic carbocycles. The van der Waals surface area contributed by atoms with Crippen LogP contribution in [0.3, 0.4) is 0 Å². The van der Waals surface area contributed by atoms with Crippen molar-refractivity contribution < 1.29 is 13.9 Å². The van der Waals surface area contributed by atoms with Gasteiger partial charge in [0.1, 0.15) is 24.0 Å². The first-order valence-corrected chi connectivity index (χ1v) is 9.29. The molecule has 140 valence electrons. The van der Waals surface area contributed by atoms with Crippen LogP contribution in [0, 0.1) is 12.7 Å². The van der Waals surface area contributed by atoms with Gasteiger partial charge in [0, 0.05) is 37.4 Å². The maximum absolute atomic E-state index is 14.0. The lowest BCUT2D eigenvalue weighted by Gasteiger charge is -2.23. The molecule has 27 heavy (non-hydrogen) atoms. The number of ether oxygens (including phenoxy) is 2. The summed E-state index contributed by atoms with van der Waals surface area (Å²) in [4.78, 5) is 4.24. The van der Waals surface area contributed by atoms with Crippen molar-refractivity contribution in [1.29, 1.82) is 0 Å². The second kappa shape index (κ2) is 7.92. The highest BCUT2D eigenvalue weighted by molar-refractivity contribution is 5.36. The van der Waals surface area contributed by atoms with Crippen molar-refractivity contribution in [2.75, 3.05) is 13.2 Å². The smallest absolute Gasteiger partial charge is 0.127 e. The van der Waals surface area contributed by atoms with Gasteiger partial charge in [-0.05, 0) is 61.1 Å². The molecule has 1 aliphatic heterocycles. The number of halogens is 1. The molecule has 2 aromatic carbocycles. The quantitative estimate of drug-likeness (QED) is 0.651. The number of imidazole rings is 1. The van der Waals surface area contributed by atoms with Gasteiger partial charge >= 0.3 is 0 Å². The average Bonchev–Trinajstić information content (AvgIpc) is 3.13. The first kappa shape index (κ1) is 17.7. The number of rotatable bonds is 5. The molecule has 1 aliphatic rings. The summed E-state index contributed by atoms with van der Waals surface area (Å²) in [6, 6.07) is 13.1. The molecule has 0 atom stereocenters. The van der Waals surface area contributed by atoms with E-state index in [1.807, 2.05) is 48.0 Å². The van der Waals surface area contributed by atoms with E-state index >= 15 is 0 Å². The van der Waals surface area contributed by atoms with Crippen LogP contribution in [0.1, 0.15) is 35.7 Å². The predicted octanol–water partition coefficient (Wildman–Crippen LogP) is 4.79. The lowest BCUT2D eigenvalue weighted by molar-refractivity contribution is 0.0852. The van der Waals surface area contributed by atoms with Crippen molar-refractivity contribution in [3.05, 3.63) is 77.6 Å². The van der Waals surface area contributed by atoms with Crippen LogP contribution in [0.15, 0.2) is 54.9 Å². The van der Waals surface area contributed by atoms with Crippen molar-refractivity contribution in [1.82, 2.24) is 9.55 Å². The summed E-state index contributed by atoms with van der Waals surface area (Å²) < 4.78 is 27.3. The molecule has 3 aromatic rings. The van der Waals surface area contributed by atoms with Gasteiger partial charge in [-0.1, -0.05) is 12.1 Å². The normalized spacial score (nSPS) is 15.0. The maximum Gasteiger partial charge on any atom is 0.127 e. The van der Waals surface area contributed by atoms with Gasteiger partial charge in [-0.25, -0.2) is 9.37 Å². The topological polar surface area (TPSA) is 36.3 Å². The third-order valence-corrected chi connectivity index (χ3v) is 5.03. The first-order chi connectivity index (χ1) is 13.2. The highest BCUT2D eigenvalue weighted by Gasteiger charge is 2.17. The van der Waals surface area contributed by atoms with Crippen molar-refractivity contribution >= 4 is 0 Å². The van der Waals surface area contributed by atoms with Crippen LogP contribution in [0.25, 0.3) is 5.69 Å². The molecule has 0 spiro atoms. The lowest BCUT2D eigenvalue weighted by Crippen LogP contribution is -2.14. The number of aromatic nitrogens is 2. The summed E-state index contributed by atoms with van der Waals surface area (Å²) in [6.45, 7) is 3.84. The Kier molecular flexibility index (Phi) is 5.21. The minimum absolute atomic E-state index is 0.250. The Hall–Kier alpha value is -2.66. The van der Waals surface area contributed by atoms with Crippen LogP contribution >= 0.6 is 0 Å². The molecule has 4 rings (SSSR count). The van der Waals surface area contributed by atoms with Gasteiger partial charge in [-0.2, -0.15) is 0 Å². The highest BCUT2D eigenvalue weighted by Crippen LogP contribution is 2.30. The van der Waals surface area contributed by atoms with Crippen LogP contribution in [-0.2, 0) is 11.3 Å². The van der Waals surface area contributed by atoms with Gasteiger partial charge < -0.3 is 14.0 Å². The van der Waals surface area contributed by atoms with Crippen molar-refractivity contribution in [2.24, 2.45) is 0 Å². The van der Waals surface area contributed by atoms with Crippen LogP contribution in [0.2, 0.25) is 0 Å². The van der Waals surface area contributed by atoms with Crippen LogP contribution in [0.4, 0.5) is 4.39 Å². The van der Waals surface area contributed by atoms with Crippen LogP contribution in [0.5, 0.6) is 5.75 Å². The first-order valence-electron chi connectivity index (χ1n) is 9.29. The number of benzene rings is 2. The van der Waals surface area contributed by atoms with Crippen molar-refractivity contribution in [3.8, 4) is 11.4 Å². The summed E-state index contributed by atoms with van der Waals surface area (Å²) in [6.07, 6.45) is 5.58. The zero-order chi connectivity index (χ0) is 18.6. The van der Waals surface area contributed by atoms with E-state index in [2.05, 4.69) is 4.98 Å². The monoisotopic (exact) mass is 366 g/mol. The minimum atomic E-state index is -0.250. The van der Waals surface area contributed by atoms with E-state index in [0.29, 0.717) is 18.3 Å². The molecular weight excluding hydrogens is 343 g/mol. The molecule has 2 heterocycles. The van der Waals surface area contributed by atoms with Gasteiger partial charge in [0.05, 0.1) is 0 Å². The van der Waals surface area contributed by atoms with Gasteiger partial charge in [-0.15, -0.1) is 0 Å². The van der Waals surface area contributed by atoms with Crippen LogP contribution < -0.4 is 4.74 Å². The Morgan fingerprint density at radius 1 is 1.15 bits per heavy atom. The summed E-state index contributed by atoms with van der Waals surface area (Å²) in [5.74, 6) is 1.61. The van der Waals surface area contributed by atoms with Gasteiger partial charge in [-0.3, -0.25) is 0 Å². The SMILES string of the molecule is Cc1nccn1-c1ccc(COc2cc(F)cc(C3CCOCC3)c2)cc1. The Morgan fingerprint density at radius 2 is 1.93 bits per heavy atom. The molecule has 1 aromatic heterocycles. The van der Waals surface area contributed by atoms with E-state index in [0.717, 1.165) is 48.7 Å². The van der Waals surface area contributed by atoms with Gasteiger partial charge in [0.25, 0.3) is 0 Å². The molecule has 0 saturated carbocycles. The molecule has 0 amide bonds. The fourth-order valence-electron chi connectivity index (χ4n) is 3.50. The largest absolute Gasteiger partial charge is 0.489 e. The highest BCUT2D eigenvalue weighted by atomic mass is 19.1. The summed E-state index contributed by atoms with van der Waals surface area (Å²) in [7, 11) is 0. The van der Waals surface area contributed by atoms with Crippen LogP contribution in [-0.4, -0.2) is 22.8 Å². The molecule has 0 unspecified atom stereocenters. The molecular formula is C22H23FN2O2. The average molecular weight is 366 g/mol. The second-order valence-electron chi connectivity index (χ2n) is 6.91. The number of hydrogen-bond acceptors (Lipinski definition) is 3. The Bertz CT molecular complexity index is 899. The van der Waals surface area contributed by atoms with Gasteiger partial charge in [0.2, 0.25) is 0 Å². The lowest BCUT2D eigenvalue weighted by atomic mass is 9.91. The molecule has 1 fully saturated rings. The summed E-state index contributed by atoms with van der Waals surface area (Å²) >= 11 is 0. The fourth-order valence-corrected chi connectivity index (χ4v) is 3.50. The zero-order valence-corrected chi connectivity index (χ0v) is 15.4. The molecule has 0 N–H and O–H groups in total. The van der Waals surface area contributed by atoms with E-state index in [9.17, 15) is 4.39 Å². The Morgan fingerprint density at radius 3 is 2.63 bits per heavy atom. The number of hydrogen-bond donors (Lipinski definition) is 0. The summed E-state index contributed by atoms with van der Waals surface area (Å²) in [5, 5.41) is 0. The molecule has 4 nitrogen and oxygen atoms in total. The summed E-state index contributed by atoms with van der Waals surface area (Å²) in [5.41, 5.74) is 3.09. The second-order valence-corrected chi connectivity index (χ2v) is 6.91. The van der Waals surface area contributed by atoms with Gasteiger partial charge in [0.15, 0.2) is 0 Å². The third kappa shape index (κ3) is 4.19. The van der Waals surface area contributed by atoms with E-state index in [1.165, 1.54) is 6.07 Å². The Labute approximate surface area is 158 Å². The minimum Gasteiger partial charge on any atom is -0.489 e. The molecule has 0 bridgehead atoms. The van der Waals surface area contributed by atoms with Crippen molar-refractivity contribution in [2.45, 2.75) is 32.3 Å². The standard InChI is InChI=1S/C22H23FN2O2/c1-16-24-8-9-25(16)21-4-2-17(3-5-21)15-27-22-13-19(12-20(23)14-22)18-6-10-26-11-7-18/h2-5,8-9,12-14,18H,6-7,10-11,15H2,1H3. The van der Waals surface area contributed by atoms with E-state index in [1.54, 1.807) is 12.3 Å². The molecule has 5 heteroatoms. The molecule has 0 radical (unpaired) electrons. The van der Waals surface area contributed by atoms with Crippen molar-refractivity contribution in [3.63, 3.8) is 0 Å². The maximum atomic E-state index is 14.0. The number of nitrogens with zero attached hydrogens (tertiary/aromatic N) is 2. The predicted molar refractivity (Wildman–Crippen MR) is 102 cm³/mol. The fraction of sp³-hybridized carbons (Fsp3) is 0.318. The van der Waals surface area contributed by atoms with E-state index in [4.69, 9.17) is 9.47 Å². The zero-order valence-electron chi connectivity index (χ0n) is 15.4. The van der Waals surface area contributed by atoms with E-state index in [-0.39, 0.29) is 5.82 Å². The molecule has 1 saturated heterocycles. The number of aryl methyl sites for hydroxylation is 1. The van der Waals surface area contributed by atoms with E-state index < -0.39 is 0 Å². The Balaban J connectivity index is 1.44.